The van der Waals surface area contributed by atoms with Gasteiger partial charge in [-0.25, -0.2) is 8.42 Å². The molecule has 0 aliphatic rings. The summed E-state index contributed by atoms with van der Waals surface area (Å²) >= 11 is 9.12. The first kappa shape index (κ1) is 15.6. The summed E-state index contributed by atoms with van der Waals surface area (Å²) in [7, 11) is -3.82. The Balaban J connectivity index is 2.40. The highest BCUT2D eigenvalue weighted by atomic mass is 79.9. The first-order valence-electron chi connectivity index (χ1n) is 5.61. The van der Waals surface area contributed by atoms with Crippen LogP contribution >= 0.6 is 27.5 Å². The van der Waals surface area contributed by atoms with Crippen molar-refractivity contribution in [2.75, 3.05) is 10.5 Å². The Kier molecular flexibility index (Phi) is 4.42. The van der Waals surface area contributed by atoms with Crippen LogP contribution in [0.2, 0.25) is 5.02 Å². The van der Waals surface area contributed by atoms with E-state index >= 15 is 0 Å². The number of nitrogen functional groups attached to an aromatic ring is 1. The molecule has 108 valence electrons. The van der Waals surface area contributed by atoms with Crippen molar-refractivity contribution in [3.63, 3.8) is 0 Å². The summed E-state index contributed by atoms with van der Waals surface area (Å²) in [5.74, 6) is 0. The predicted octanol–water partition coefficient (Wildman–Crippen LogP) is 3.36. The fourth-order valence-electron chi connectivity index (χ4n) is 1.60. The molecule has 0 saturated heterocycles. The number of nitrogens with zero attached hydrogens (tertiary/aromatic N) is 1. The van der Waals surface area contributed by atoms with Crippen LogP contribution in [0.4, 0.5) is 11.4 Å². The van der Waals surface area contributed by atoms with Crippen molar-refractivity contribution >= 4 is 48.9 Å². The first-order chi connectivity index (χ1) is 9.83. The molecule has 2 aromatic rings. The van der Waals surface area contributed by atoms with Gasteiger partial charge in [0.2, 0.25) is 0 Å². The van der Waals surface area contributed by atoms with Crippen molar-refractivity contribution in [3.8, 4) is 6.07 Å². The number of nitriles is 1. The van der Waals surface area contributed by atoms with Crippen LogP contribution in [0.25, 0.3) is 0 Å². The third-order valence-electron chi connectivity index (χ3n) is 2.59. The first-order valence-corrected chi connectivity index (χ1v) is 8.26. The Morgan fingerprint density at radius 3 is 2.52 bits per heavy atom. The van der Waals surface area contributed by atoms with E-state index < -0.39 is 10.0 Å². The van der Waals surface area contributed by atoms with Gasteiger partial charge in [0.25, 0.3) is 10.0 Å². The standard InChI is InChI=1S/C13H9BrClN3O2S/c14-10-6-9(17)2-4-13(10)21(19,20)18-12-3-1-8(7-16)5-11(12)15/h1-6,18H,17H2. The number of hydrogen-bond acceptors (Lipinski definition) is 4. The average Bonchev–Trinajstić information content (AvgIpc) is 2.40. The lowest BCUT2D eigenvalue weighted by Crippen LogP contribution is -2.14. The lowest BCUT2D eigenvalue weighted by atomic mass is 10.2. The van der Waals surface area contributed by atoms with E-state index in [2.05, 4.69) is 20.7 Å². The van der Waals surface area contributed by atoms with Gasteiger partial charge in [0, 0.05) is 10.2 Å². The number of hydrogen-bond donors (Lipinski definition) is 2. The zero-order chi connectivity index (χ0) is 15.6. The van der Waals surface area contributed by atoms with Gasteiger partial charge in [-0.15, -0.1) is 0 Å². The molecule has 5 nitrogen and oxygen atoms in total. The minimum Gasteiger partial charge on any atom is -0.399 e. The largest absolute Gasteiger partial charge is 0.399 e. The van der Waals surface area contributed by atoms with Gasteiger partial charge in [0.05, 0.1) is 22.3 Å². The zero-order valence-corrected chi connectivity index (χ0v) is 13.6. The molecule has 0 aliphatic heterocycles. The van der Waals surface area contributed by atoms with E-state index in [4.69, 9.17) is 22.6 Å². The molecule has 0 spiro atoms. The van der Waals surface area contributed by atoms with Gasteiger partial charge in [-0.05, 0) is 52.3 Å². The summed E-state index contributed by atoms with van der Waals surface area (Å²) in [6.07, 6.45) is 0. The summed E-state index contributed by atoms with van der Waals surface area (Å²) < 4.78 is 27.4. The second kappa shape index (κ2) is 5.93. The molecule has 0 aromatic heterocycles. The van der Waals surface area contributed by atoms with Crippen molar-refractivity contribution in [2.45, 2.75) is 4.90 Å². The van der Waals surface area contributed by atoms with Gasteiger partial charge >= 0.3 is 0 Å². The van der Waals surface area contributed by atoms with E-state index in [1.807, 2.05) is 6.07 Å². The molecule has 0 radical (unpaired) electrons. The van der Waals surface area contributed by atoms with E-state index in [9.17, 15) is 8.42 Å². The maximum Gasteiger partial charge on any atom is 0.263 e. The van der Waals surface area contributed by atoms with E-state index in [1.54, 1.807) is 0 Å². The third-order valence-corrected chi connectivity index (χ3v) is 5.24. The van der Waals surface area contributed by atoms with Crippen LogP contribution in [0.15, 0.2) is 45.8 Å². The molecule has 2 rings (SSSR count). The average molecular weight is 387 g/mol. The Morgan fingerprint density at radius 1 is 1.24 bits per heavy atom. The molecule has 21 heavy (non-hydrogen) atoms. The van der Waals surface area contributed by atoms with E-state index in [1.165, 1.54) is 36.4 Å². The van der Waals surface area contributed by atoms with Gasteiger partial charge < -0.3 is 5.73 Å². The Hall–Kier alpha value is -1.75. The monoisotopic (exact) mass is 385 g/mol. The Morgan fingerprint density at radius 2 is 1.95 bits per heavy atom. The summed E-state index contributed by atoms with van der Waals surface area (Å²) in [5.41, 5.74) is 6.56. The highest BCUT2D eigenvalue weighted by Gasteiger charge is 2.19. The summed E-state index contributed by atoms with van der Waals surface area (Å²) in [6.45, 7) is 0. The lowest BCUT2D eigenvalue weighted by Gasteiger charge is -2.11. The number of nitrogens with two attached hydrogens (primary N) is 1. The summed E-state index contributed by atoms with van der Waals surface area (Å²) in [6, 6.07) is 10.6. The smallest absolute Gasteiger partial charge is 0.263 e. The van der Waals surface area contributed by atoms with Crippen LogP contribution in [0.3, 0.4) is 0 Å². The van der Waals surface area contributed by atoms with Crippen molar-refractivity contribution < 1.29 is 8.42 Å². The Bertz CT molecular complexity index is 847. The van der Waals surface area contributed by atoms with Crippen molar-refractivity contribution in [2.24, 2.45) is 0 Å². The molecule has 0 saturated carbocycles. The zero-order valence-electron chi connectivity index (χ0n) is 10.5. The Labute approximate surface area is 135 Å². The minimum absolute atomic E-state index is 0.0390. The molecule has 0 heterocycles. The van der Waals surface area contributed by atoms with Crippen LogP contribution < -0.4 is 10.5 Å². The van der Waals surface area contributed by atoms with Gasteiger partial charge in [-0.1, -0.05) is 11.6 Å². The molecular formula is C13H9BrClN3O2S. The SMILES string of the molecule is N#Cc1ccc(NS(=O)(=O)c2ccc(N)cc2Br)c(Cl)c1. The van der Waals surface area contributed by atoms with Gasteiger partial charge in [-0.3, -0.25) is 4.72 Å². The van der Waals surface area contributed by atoms with E-state index in [-0.39, 0.29) is 15.6 Å². The molecule has 2 aromatic carbocycles. The van der Waals surface area contributed by atoms with Crippen LogP contribution in [0.1, 0.15) is 5.56 Å². The highest BCUT2D eigenvalue weighted by Crippen LogP contribution is 2.29. The van der Waals surface area contributed by atoms with Crippen LogP contribution in [-0.2, 0) is 10.0 Å². The lowest BCUT2D eigenvalue weighted by molar-refractivity contribution is 0.601. The third kappa shape index (κ3) is 3.47. The number of benzene rings is 2. The van der Waals surface area contributed by atoms with E-state index in [0.717, 1.165) is 0 Å². The molecule has 0 amide bonds. The van der Waals surface area contributed by atoms with Crippen LogP contribution in [0.5, 0.6) is 0 Å². The predicted molar refractivity (Wildman–Crippen MR) is 85.5 cm³/mol. The van der Waals surface area contributed by atoms with Gasteiger partial charge in [0.1, 0.15) is 4.90 Å². The van der Waals surface area contributed by atoms with Crippen LogP contribution in [0, 0.1) is 11.3 Å². The number of anilines is 2. The minimum atomic E-state index is -3.82. The number of nitrogens with one attached hydrogen (secondary N) is 1. The fourth-order valence-corrected chi connectivity index (χ4v) is 4.06. The second-order valence-corrected chi connectivity index (χ2v) is 7.01. The molecule has 0 unspecified atom stereocenters. The van der Waals surface area contributed by atoms with Crippen molar-refractivity contribution in [3.05, 3.63) is 51.5 Å². The molecule has 0 fully saturated rings. The molecule has 8 heteroatoms. The van der Waals surface area contributed by atoms with E-state index in [0.29, 0.717) is 15.7 Å². The quantitative estimate of drug-likeness (QED) is 0.791. The highest BCUT2D eigenvalue weighted by molar-refractivity contribution is 9.10. The second-order valence-electron chi connectivity index (χ2n) is 4.10. The number of rotatable bonds is 3. The maximum absolute atomic E-state index is 12.3. The molecule has 0 bridgehead atoms. The summed E-state index contributed by atoms with van der Waals surface area (Å²) in [5, 5.41) is 8.90. The maximum atomic E-state index is 12.3. The van der Waals surface area contributed by atoms with Gasteiger partial charge in [-0.2, -0.15) is 5.26 Å². The van der Waals surface area contributed by atoms with Gasteiger partial charge in [0.15, 0.2) is 0 Å². The topological polar surface area (TPSA) is 96.0 Å². The van der Waals surface area contributed by atoms with Crippen molar-refractivity contribution in [1.82, 2.24) is 0 Å². The molecule has 3 N–H and O–H groups in total. The number of sulfonamides is 1. The van der Waals surface area contributed by atoms with Crippen molar-refractivity contribution in [1.29, 1.82) is 5.26 Å². The summed E-state index contributed by atoms with van der Waals surface area (Å²) in [4.78, 5) is 0.0390. The number of halogens is 2. The molecular weight excluding hydrogens is 378 g/mol. The molecule has 0 atom stereocenters. The fraction of sp³-hybridized carbons (Fsp3) is 0. The normalized spacial score (nSPS) is 10.9. The van der Waals surface area contributed by atoms with Crippen LogP contribution in [-0.4, -0.2) is 8.42 Å². The molecule has 0 aliphatic carbocycles.